The summed E-state index contributed by atoms with van der Waals surface area (Å²) in [6, 6.07) is 0.352. The topological polar surface area (TPSA) is 46.0 Å². The highest BCUT2D eigenvalue weighted by Gasteiger charge is 2.22. The third kappa shape index (κ3) is 3.09. The quantitative estimate of drug-likeness (QED) is 0.866. The van der Waals surface area contributed by atoms with Gasteiger partial charge in [0.05, 0.1) is 6.04 Å². The molecule has 1 unspecified atom stereocenters. The fourth-order valence-electron chi connectivity index (χ4n) is 2.50. The summed E-state index contributed by atoms with van der Waals surface area (Å²) in [6.45, 7) is 11.0. The second-order valence-electron chi connectivity index (χ2n) is 5.57. The van der Waals surface area contributed by atoms with Crippen molar-refractivity contribution in [2.45, 2.75) is 33.2 Å². The number of aryl methyl sites for hydroxylation is 1. The van der Waals surface area contributed by atoms with Crippen LogP contribution in [0.5, 0.6) is 0 Å². The van der Waals surface area contributed by atoms with Crippen molar-refractivity contribution in [3.05, 3.63) is 11.6 Å². The fourth-order valence-corrected chi connectivity index (χ4v) is 2.50. The summed E-state index contributed by atoms with van der Waals surface area (Å²) in [5.74, 6) is 2.67. The maximum Gasteiger partial charge on any atom is 0.151 e. The van der Waals surface area contributed by atoms with Crippen LogP contribution in [0.2, 0.25) is 0 Å². The molecule has 1 atom stereocenters. The summed E-state index contributed by atoms with van der Waals surface area (Å²) in [5, 5.41) is 7.91. The summed E-state index contributed by atoms with van der Waals surface area (Å²) < 4.78 is 1.95. The first-order chi connectivity index (χ1) is 8.58. The van der Waals surface area contributed by atoms with Crippen molar-refractivity contribution in [1.29, 1.82) is 0 Å². The number of hydrogen-bond acceptors (Lipinski definition) is 4. The van der Waals surface area contributed by atoms with Crippen LogP contribution in [0.3, 0.4) is 0 Å². The molecular formula is C13H25N5. The average molecular weight is 251 g/mol. The molecule has 1 saturated heterocycles. The predicted molar refractivity (Wildman–Crippen MR) is 72.4 cm³/mol. The van der Waals surface area contributed by atoms with Gasteiger partial charge in [0.25, 0.3) is 0 Å². The van der Waals surface area contributed by atoms with Gasteiger partial charge in [-0.05, 0) is 12.8 Å². The molecule has 1 aromatic rings. The van der Waals surface area contributed by atoms with Crippen LogP contribution in [0.4, 0.5) is 0 Å². The summed E-state index contributed by atoms with van der Waals surface area (Å²) in [7, 11) is 2.00. The van der Waals surface area contributed by atoms with Crippen LogP contribution in [-0.4, -0.2) is 45.8 Å². The molecule has 102 valence electrons. The SMILES string of the molecule is CC(C)Cc1nc(C(C)N2CCNCC2)n(C)n1. The highest BCUT2D eigenvalue weighted by molar-refractivity contribution is 4.99. The number of nitrogens with zero attached hydrogens (tertiary/aromatic N) is 4. The molecule has 5 nitrogen and oxygen atoms in total. The van der Waals surface area contributed by atoms with E-state index < -0.39 is 0 Å². The van der Waals surface area contributed by atoms with E-state index in [2.05, 4.69) is 36.1 Å². The van der Waals surface area contributed by atoms with Crippen molar-refractivity contribution in [2.24, 2.45) is 13.0 Å². The molecule has 1 N–H and O–H groups in total. The Kier molecular flexibility index (Phi) is 4.35. The van der Waals surface area contributed by atoms with Crippen molar-refractivity contribution in [3.63, 3.8) is 0 Å². The predicted octanol–water partition coefficient (Wildman–Crippen LogP) is 0.980. The molecule has 0 spiro atoms. The Morgan fingerprint density at radius 1 is 1.22 bits per heavy atom. The molecule has 1 aromatic heterocycles. The lowest BCUT2D eigenvalue weighted by molar-refractivity contribution is 0.176. The van der Waals surface area contributed by atoms with Crippen molar-refractivity contribution in [2.75, 3.05) is 26.2 Å². The Morgan fingerprint density at radius 3 is 2.50 bits per heavy atom. The summed E-state index contributed by atoms with van der Waals surface area (Å²) in [5.41, 5.74) is 0. The molecule has 18 heavy (non-hydrogen) atoms. The Labute approximate surface area is 110 Å². The summed E-state index contributed by atoms with van der Waals surface area (Å²) in [4.78, 5) is 7.19. The molecule has 0 aliphatic carbocycles. The number of rotatable bonds is 4. The lowest BCUT2D eigenvalue weighted by Crippen LogP contribution is -2.44. The summed E-state index contributed by atoms with van der Waals surface area (Å²) >= 11 is 0. The highest BCUT2D eigenvalue weighted by atomic mass is 15.4. The van der Waals surface area contributed by atoms with Gasteiger partial charge in [-0.15, -0.1) is 0 Å². The molecule has 0 bridgehead atoms. The van der Waals surface area contributed by atoms with Gasteiger partial charge >= 0.3 is 0 Å². The minimum atomic E-state index is 0.352. The Hall–Kier alpha value is -0.940. The van der Waals surface area contributed by atoms with Gasteiger partial charge in [-0.25, -0.2) is 4.98 Å². The van der Waals surface area contributed by atoms with E-state index in [1.54, 1.807) is 0 Å². The van der Waals surface area contributed by atoms with Crippen LogP contribution in [0, 0.1) is 5.92 Å². The molecular weight excluding hydrogens is 226 g/mol. The van der Waals surface area contributed by atoms with Gasteiger partial charge in [0.15, 0.2) is 5.82 Å². The zero-order valence-electron chi connectivity index (χ0n) is 12.0. The molecule has 1 aliphatic rings. The highest BCUT2D eigenvalue weighted by Crippen LogP contribution is 2.18. The maximum absolute atomic E-state index is 4.71. The van der Waals surface area contributed by atoms with Crippen LogP contribution >= 0.6 is 0 Å². The van der Waals surface area contributed by atoms with Gasteiger partial charge in [-0.1, -0.05) is 13.8 Å². The molecule has 0 radical (unpaired) electrons. The van der Waals surface area contributed by atoms with E-state index in [9.17, 15) is 0 Å². The largest absolute Gasteiger partial charge is 0.314 e. The van der Waals surface area contributed by atoms with Gasteiger partial charge in [0.1, 0.15) is 5.82 Å². The lowest BCUT2D eigenvalue weighted by atomic mass is 10.1. The molecule has 2 rings (SSSR count). The molecule has 1 fully saturated rings. The average Bonchev–Trinajstić information content (AvgIpc) is 2.69. The van der Waals surface area contributed by atoms with Crippen molar-refractivity contribution in [1.82, 2.24) is 25.0 Å². The molecule has 0 amide bonds. The van der Waals surface area contributed by atoms with E-state index in [0.717, 1.165) is 44.2 Å². The van der Waals surface area contributed by atoms with Gasteiger partial charge in [0, 0.05) is 39.6 Å². The third-order valence-electron chi connectivity index (χ3n) is 3.50. The molecule has 1 aliphatic heterocycles. The lowest BCUT2D eigenvalue weighted by Gasteiger charge is -2.31. The summed E-state index contributed by atoms with van der Waals surface area (Å²) in [6.07, 6.45) is 0.960. The van der Waals surface area contributed by atoms with E-state index in [1.165, 1.54) is 0 Å². The van der Waals surface area contributed by atoms with E-state index >= 15 is 0 Å². The number of aromatic nitrogens is 3. The number of hydrogen-bond donors (Lipinski definition) is 1. The van der Waals surface area contributed by atoms with E-state index in [-0.39, 0.29) is 0 Å². The van der Waals surface area contributed by atoms with E-state index in [0.29, 0.717) is 12.0 Å². The van der Waals surface area contributed by atoms with Crippen LogP contribution < -0.4 is 5.32 Å². The van der Waals surface area contributed by atoms with Crippen LogP contribution in [0.15, 0.2) is 0 Å². The number of nitrogens with one attached hydrogen (secondary N) is 1. The van der Waals surface area contributed by atoms with Gasteiger partial charge in [0.2, 0.25) is 0 Å². The Bertz CT molecular complexity index is 379. The van der Waals surface area contributed by atoms with Gasteiger partial charge < -0.3 is 5.32 Å². The van der Waals surface area contributed by atoms with Crippen LogP contribution in [-0.2, 0) is 13.5 Å². The van der Waals surface area contributed by atoms with Gasteiger partial charge in [-0.3, -0.25) is 9.58 Å². The minimum absolute atomic E-state index is 0.352. The Morgan fingerprint density at radius 2 is 1.89 bits per heavy atom. The first-order valence-corrected chi connectivity index (χ1v) is 6.92. The maximum atomic E-state index is 4.71. The van der Waals surface area contributed by atoms with Crippen LogP contribution in [0.1, 0.15) is 38.5 Å². The minimum Gasteiger partial charge on any atom is -0.314 e. The molecule has 5 heteroatoms. The second kappa shape index (κ2) is 5.80. The molecule has 2 heterocycles. The zero-order valence-corrected chi connectivity index (χ0v) is 12.0. The first kappa shape index (κ1) is 13.5. The van der Waals surface area contributed by atoms with E-state index in [4.69, 9.17) is 4.98 Å². The van der Waals surface area contributed by atoms with Crippen molar-refractivity contribution >= 4 is 0 Å². The number of piperazine rings is 1. The normalized spacial score (nSPS) is 19.4. The van der Waals surface area contributed by atoms with Crippen LogP contribution in [0.25, 0.3) is 0 Å². The zero-order chi connectivity index (χ0) is 13.1. The molecule has 0 aromatic carbocycles. The monoisotopic (exact) mass is 251 g/mol. The fraction of sp³-hybridized carbons (Fsp3) is 0.846. The van der Waals surface area contributed by atoms with E-state index in [1.807, 2.05) is 11.7 Å². The Balaban J connectivity index is 2.08. The van der Waals surface area contributed by atoms with Gasteiger partial charge in [-0.2, -0.15) is 5.10 Å². The van der Waals surface area contributed by atoms with Crippen molar-refractivity contribution in [3.8, 4) is 0 Å². The third-order valence-corrected chi connectivity index (χ3v) is 3.50. The van der Waals surface area contributed by atoms with Crippen molar-refractivity contribution < 1.29 is 0 Å². The smallest absolute Gasteiger partial charge is 0.151 e. The standard InChI is InChI=1S/C13H25N5/c1-10(2)9-12-15-13(17(4)16-12)11(3)18-7-5-14-6-8-18/h10-11,14H,5-9H2,1-4H3. The second-order valence-corrected chi connectivity index (χ2v) is 5.57. The molecule has 0 saturated carbocycles. The first-order valence-electron chi connectivity index (χ1n) is 6.92.